The van der Waals surface area contributed by atoms with Crippen molar-refractivity contribution < 1.29 is 4.74 Å². The van der Waals surface area contributed by atoms with Gasteiger partial charge < -0.3 is 15.0 Å². The molecular formula is C16H25ClIN3O. The van der Waals surface area contributed by atoms with Crippen molar-refractivity contribution in [1.82, 2.24) is 10.2 Å². The van der Waals surface area contributed by atoms with E-state index in [1.54, 1.807) is 7.05 Å². The Morgan fingerprint density at radius 2 is 2.05 bits per heavy atom. The largest absolute Gasteiger partial charge is 0.379 e. The van der Waals surface area contributed by atoms with E-state index >= 15 is 0 Å². The Kier molecular flexibility index (Phi) is 9.12. The van der Waals surface area contributed by atoms with Crippen molar-refractivity contribution in [2.45, 2.75) is 19.4 Å². The molecule has 0 radical (unpaired) electrons. The number of rotatable bonds is 7. The molecule has 6 heteroatoms. The highest BCUT2D eigenvalue weighted by Gasteiger charge is 2.20. The molecule has 0 saturated heterocycles. The number of ether oxygens (including phenoxy) is 1. The van der Waals surface area contributed by atoms with Crippen molar-refractivity contribution in [2.75, 3.05) is 33.9 Å². The highest BCUT2D eigenvalue weighted by molar-refractivity contribution is 14.0. The first-order valence-electron chi connectivity index (χ1n) is 7.43. The summed E-state index contributed by atoms with van der Waals surface area (Å²) in [7, 11) is 3.82. The van der Waals surface area contributed by atoms with Crippen LogP contribution in [-0.4, -0.2) is 44.7 Å². The molecule has 1 fully saturated rings. The first-order chi connectivity index (χ1) is 10.2. The summed E-state index contributed by atoms with van der Waals surface area (Å²) >= 11 is 5.90. The van der Waals surface area contributed by atoms with Gasteiger partial charge in [0.25, 0.3) is 0 Å². The fraction of sp³-hybridized carbons (Fsp3) is 0.562. The van der Waals surface area contributed by atoms with Crippen LogP contribution in [0.5, 0.6) is 0 Å². The summed E-state index contributed by atoms with van der Waals surface area (Å²) in [6.07, 6.45) is 2.66. The molecule has 1 saturated carbocycles. The molecule has 4 nitrogen and oxygen atoms in total. The van der Waals surface area contributed by atoms with Gasteiger partial charge in [-0.1, -0.05) is 23.7 Å². The van der Waals surface area contributed by atoms with Gasteiger partial charge in [0, 0.05) is 38.8 Å². The summed E-state index contributed by atoms with van der Waals surface area (Å²) in [5.74, 6) is 1.69. The summed E-state index contributed by atoms with van der Waals surface area (Å²) in [6, 6.07) is 7.88. The van der Waals surface area contributed by atoms with Crippen molar-refractivity contribution in [3.8, 4) is 0 Å². The second kappa shape index (κ2) is 10.3. The summed E-state index contributed by atoms with van der Waals surface area (Å²) < 4.78 is 5.61. The maximum atomic E-state index is 5.90. The molecule has 2 rings (SSSR count). The minimum atomic E-state index is 0. The lowest BCUT2D eigenvalue weighted by molar-refractivity contribution is 0.128. The Morgan fingerprint density at radius 3 is 2.64 bits per heavy atom. The molecule has 0 bridgehead atoms. The zero-order valence-corrected chi connectivity index (χ0v) is 16.3. The van der Waals surface area contributed by atoms with Crippen molar-refractivity contribution in [1.29, 1.82) is 0 Å². The Balaban J connectivity index is 0.00000242. The summed E-state index contributed by atoms with van der Waals surface area (Å²) in [5, 5.41) is 4.08. The van der Waals surface area contributed by atoms with Crippen LogP contribution in [0.1, 0.15) is 18.4 Å². The highest BCUT2D eigenvalue weighted by atomic mass is 127. The van der Waals surface area contributed by atoms with E-state index in [4.69, 9.17) is 16.3 Å². The molecule has 1 aliphatic carbocycles. The molecule has 0 amide bonds. The van der Waals surface area contributed by atoms with Crippen LogP contribution < -0.4 is 5.32 Å². The number of aliphatic imine (C=N–C) groups is 1. The van der Waals surface area contributed by atoms with Crippen molar-refractivity contribution in [3.63, 3.8) is 0 Å². The van der Waals surface area contributed by atoms with E-state index < -0.39 is 0 Å². The van der Waals surface area contributed by atoms with Crippen LogP contribution in [0.2, 0.25) is 5.02 Å². The van der Waals surface area contributed by atoms with Crippen LogP contribution in [0.4, 0.5) is 0 Å². The summed E-state index contributed by atoms with van der Waals surface area (Å²) in [5.41, 5.74) is 1.20. The predicted molar refractivity (Wildman–Crippen MR) is 103 cm³/mol. The van der Waals surface area contributed by atoms with Gasteiger partial charge in [0.2, 0.25) is 0 Å². The zero-order valence-electron chi connectivity index (χ0n) is 13.2. The Morgan fingerprint density at radius 1 is 1.36 bits per heavy atom. The van der Waals surface area contributed by atoms with Gasteiger partial charge in [0.1, 0.15) is 0 Å². The molecule has 0 unspecified atom stereocenters. The smallest absolute Gasteiger partial charge is 0.193 e. The maximum absolute atomic E-state index is 5.90. The topological polar surface area (TPSA) is 36.9 Å². The van der Waals surface area contributed by atoms with E-state index in [0.717, 1.165) is 43.2 Å². The Hall–Kier alpha value is -0.530. The van der Waals surface area contributed by atoms with Crippen molar-refractivity contribution in [2.24, 2.45) is 10.9 Å². The van der Waals surface area contributed by atoms with Crippen LogP contribution in [0.15, 0.2) is 29.3 Å². The number of hydrogen-bond acceptors (Lipinski definition) is 2. The van der Waals surface area contributed by atoms with Crippen LogP contribution in [0.3, 0.4) is 0 Å². The molecule has 1 aromatic carbocycles. The number of nitrogens with zero attached hydrogens (tertiary/aromatic N) is 2. The number of nitrogens with one attached hydrogen (secondary N) is 1. The normalized spacial score (nSPS) is 14.4. The molecule has 1 N–H and O–H groups in total. The molecule has 0 spiro atoms. The molecular weight excluding hydrogens is 413 g/mol. The second-order valence-electron chi connectivity index (χ2n) is 5.47. The van der Waals surface area contributed by atoms with Crippen LogP contribution in [0, 0.1) is 5.92 Å². The fourth-order valence-electron chi connectivity index (χ4n) is 2.09. The van der Waals surface area contributed by atoms with E-state index in [-0.39, 0.29) is 24.0 Å². The van der Waals surface area contributed by atoms with E-state index in [2.05, 4.69) is 15.2 Å². The quantitative estimate of drug-likeness (QED) is 0.307. The number of hydrogen-bond donors (Lipinski definition) is 1. The van der Waals surface area contributed by atoms with E-state index in [1.807, 2.05) is 31.3 Å². The monoisotopic (exact) mass is 437 g/mol. The molecule has 0 atom stereocenters. The molecule has 124 valence electrons. The third kappa shape index (κ3) is 7.15. The zero-order chi connectivity index (χ0) is 15.1. The van der Waals surface area contributed by atoms with E-state index in [0.29, 0.717) is 0 Å². The molecule has 1 aliphatic rings. The average molecular weight is 438 g/mol. The van der Waals surface area contributed by atoms with Crippen LogP contribution in [-0.2, 0) is 11.3 Å². The average Bonchev–Trinajstić information content (AvgIpc) is 3.29. The van der Waals surface area contributed by atoms with Gasteiger partial charge in [-0.25, -0.2) is 0 Å². The minimum absolute atomic E-state index is 0. The minimum Gasteiger partial charge on any atom is -0.379 e. The van der Waals surface area contributed by atoms with Gasteiger partial charge in [0.05, 0.1) is 6.61 Å². The molecule has 0 aliphatic heterocycles. The number of benzene rings is 1. The maximum Gasteiger partial charge on any atom is 0.193 e. The van der Waals surface area contributed by atoms with Crippen molar-refractivity contribution in [3.05, 3.63) is 34.9 Å². The van der Waals surface area contributed by atoms with Gasteiger partial charge in [-0.05, 0) is 36.5 Å². The van der Waals surface area contributed by atoms with Gasteiger partial charge in [0.15, 0.2) is 5.96 Å². The lowest BCUT2D eigenvalue weighted by atomic mass is 10.2. The van der Waals surface area contributed by atoms with Gasteiger partial charge in [-0.2, -0.15) is 0 Å². The van der Waals surface area contributed by atoms with Crippen molar-refractivity contribution >= 4 is 41.5 Å². The molecule has 0 heterocycles. The standard InChI is InChI=1S/C16H24ClN3O.HI/c1-18-16(19-9-10-21-12-14-3-4-14)20(2)11-13-5-7-15(17)8-6-13;/h5-8,14H,3-4,9-12H2,1-2H3,(H,18,19);1H. The third-order valence-corrected chi connectivity index (χ3v) is 3.74. The second-order valence-corrected chi connectivity index (χ2v) is 5.91. The predicted octanol–water partition coefficient (Wildman–Crippen LogP) is 3.39. The first kappa shape index (κ1) is 19.5. The Bertz CT molecular complexity index is 463. The van der Waals surface area contributed by atoms with Crippen LogP contribution in [0.25, 0.3) is 0 Å². The lowest BCUT2D eigenvalue weighted by Crippen LogP contribution is -2.40. The summed E-state index contributed by atoms with van der Waals surface area (Å²) in [4.78, 5) is 6.38. The van der Waals surface area contributed by atoms with E-state index in [9.17, 15) is 0 Å². The first-order valence-corrected chi connectivity index (χ1v) is 7.81. The number of halogens is 2. The Labute approximate surface area is 155 Å². The SMILES string of the molecule is CN=C(NCCOCC1CC1)N(C)Cc1ccc(Cl)cc1.I. The highest BCUT2D eigenvalue weighted by Crippen LogP contribution is 2.28. The van der Waals surface area contributed by atoms with E-state index in [1.165, 1.54) is 18.4 Å². The molecule has 1 aromatic rings. The van der Waals surface area contributed by atoms with Crippen LogP contribution >= 0.6 is 35.6 Å². The summed E-state index contributed by atoms with van der Waals surface area (Å²) in [6.45, 7) is 3.20. The molecule has 0 aromatic heterocycles. The lowest BCUT2D eigenvalue weighted by Gasteiger charge is -2.22. The fourth-order valence-corrected chi connectivity index (χ4v) is 2.22. The van der Waals surface area contributed by atoms with Gasteiger partial charge in [-0.3, -0.25) is 4.99 Å². The van der Waals surface area contributed by atoms with Gasteiger partial charge in [-0.15, -0.1) is 24.0 Å². The number of guanidine groups is 1. The van der Waals surface area contributed by atoms with Gasteiger partial charge >= 0.3 is 0 Å². The molecule has 22 heavy (non-hydrogen) atoms. The third-order valence-electron chi connectivity index (χ3n) is 3.49.